The third kappa shape index (κ3) is 4.17. The van der Waals surface area contributed by atoms with Crippen LogP contribution in [0.4, 0.5) is 0 Å². The lowest BCUT2D eigenvalue weighted by molar-refractivity contribution is 0.146. The number of benzene rings is 1. The molecule has 3 aromatic rings. The molecule has 0 unspecified atom stereocenters. The number of aliphatic hydroxyl groups is 1. The lowest BCUT2D eigenvalue weighted by atomic mass is 9.89. The van der Waals surface area contributed by atoms with Crippen molar-refractivity contribution >= 4 is 0 Å². The van der Waals surface area contributed by atoms with Crippen molar-refractivity contribution in [2.24, 2.45) is 5.41 Å². The molecular weight excluding hydrogens is 312 g/mol. The fourth-order valence-electron chi connectivity index (χ4n) is 2.84. The number of hydrogen-bond acceptors (Lipinski definition) is 3. The van der Waals surface area contributed by atoms with Gasteiger partial charge in [0, 0.05) is 24.9 Å². The molecule has 0 atom stereocenters. The molecule has 5 heteroatoms. The molecular formula is C20H26N4O. The third-order valence-corrected chi connectivity index (χ3v) is 4.57. The molecule has 1 N–H and O–H groups in total. The fourth-order valence-corrected chi connectivity index (χ4v) is 2.84. The molecule has 0 aliphatic heterocycles. The summed E-state index contributed by atoms with van der Waals surface area (Å²) in [6.07, 6.45) is 9.64. The molecule has 5 nitrogen and oxygen atoms in total. The highest BCUT2D eigenvalue weighted by Crippen LogP contribution is 2.24. The SMILES string of the molecule is Cc1ccc(-n2cc(-c3cncn3CCCC(C)(C)CO)cn2)cc1. The Morgan fingerprint density at radius 1 is 1.12 bits per heavy atom. The van der Waals surface area contributed by atoms with E-state index in [-0.39, 0.29) is 12.0 Å². The molecule has 0 bridgehead atoms. The van der Waals surface area contributed by atoms with E-state index in [2.05, 4.69) is 59.7 Å². The first-order valence-electron chi connectivity index (χ1n) is 8.72. The first kappa shape index (κ1) is 17.4. The van der Waals surface area contributed by atoms with Gasteiger partial charge in [0.2, 0.25) is 0 Å². The highest BCUT2D eigenvalue weighted by Gasteiger charge is 2.16. The highest BCUT2D eigenvalue weighted by molar-refractivity contribution is 5.57. The van der Waals surface area contributed by atoms with Crippen molar-refractivity contribution in [1.82, 2.24) is 19.3 Å². The lowest BCUT2D eigenvalue weighted by Gasteiger charge is -2.21. The summed E-state index contributed by atoms with van der Waals surface area (Å²) in [5.41, 5.74) is 4.38. The molecule has 2 aromatic heterocycles. The molecule has 25 heavy (non-hydrogen) atoms. The Balaban J connectivity index is 1.73. The van der Waals surface area contributed by atoms with Crippen LogP contribution in [0.1, 0.15) is 32.3 Å². The number of rotatable bonds is 7. The molecule has 0 aliphatic carbocycles. The summed E-state index contributed by atoms with van der Waals surface area (Å²) in [7, 11) is 0. The number of aromatic nitrogens is 4. The molecule has 0 amide bonds. The van der Waals surface area contributed by atoms with Gasteiger partial charge in [0.1, 0.15) is 0 Å². The van der Waals surface area contributed by atoms with Gasteiger partial charge in [-0.3, -0.25) is 0 Å². The molecule has 0 fully saturated rings. The van der Waals surface area contributed by atoms with Crippen molar-refractivity contribution in [3.05, 3.63) is 54.7 Å². The molecule has 3 rings (SSSR count). The summed E-state index contributed by atoms with van der Waals surface area (Å²) >= 11 is 0. The maximum Gasteiger partial charge on any atom is 0.0950 e. The zero-order valence-electron chi connectivity index (χ0n) is 15.2. The van der Waals surface area contributed by atoms with Crippen molar-refractivity contribution in [2.75, 3.05) is 6.61 Å². The maximum absolute atomic E-state index is 9.38. The Morgan fingerprint density at radius 3 is 2.60 bits per heavy atom. The van der Waals surface area contributed by atoms with Crippen LogP contribution in [0, 0.1) is 12.3 Å². The van der Waals surface area contributed by atoms with Crippen LogP contribution in [0.2, 0.25) is 0 Å². The Morgan fingerprint density at radius 2 is 1.88 bits per heavy atom. The van der Waals surface area contributed by atoms with Gasteiger partial charge in [0.15, 0.2) is 0 Å². The van der Waals surface area contributed by atoms with Crippen LogP contribution >= 0.6 is 0 Å². The third-order valence-electron chi connectivity index (χ3n) is 4.57. The van der Waals surface area contributed by atoms with Gasteiger partial charge in [-0.2, -0.15) is 5.10 Å². The average molecular weight is 338 g/mol. The topological polar surface area (TPSA) is 55.9 Å². The van der Waals surface area contributed by atoms with Gasteiger partial charge in [-0.1, -0.05) is 31.5 Å². The predicted octanol–water partition coefficient (Wildman–Crippen LogP) is 3.84. The Labute approximate surface area is 149 Å². The van der Waals surface area contributed by atoms with E-state index in [4.69, 9.17) is 0 Å². The zero-order chi connectivity index (χ0) is 17.9. The van der Waals surface area contributed by atoms with Crippen LogP contribution < -0.4 is 0 Å². The summed E-state index contributed by atoms with van der Waals surface area (Å²) in [6.45, 7) is 7.36. The van der Waals surface area contributed by atoms with Gasteiger partial charge in [-0.15, -0.1) is 0 Å². The van der Waals surface area contributed by atoms with Gasteiger partial charge >= 0.3 is 0 Å². The van der Waals surface area contributed by atoms with Crippen molar-refractivity contribution in [3.63, 3.8) is 0 Å². The summed E-state index contributed by atoms with van der Waals surface area (Å²) in [5, 5.41) is 13.9. The van der Waals surface area contributed by atoms with Crippen LogP contribution in [-0.2, 0) is 6.54 Å². The van der Waals surface area contributed by atoms with E-state index in [9.17, 15) is 5.11 Å². The minimum absolute atomic E-state index is 0.0307. The maximum atomic E-state index is 9.38. The van der Waals surface area contributed by atoms with Crippen molar-refractivity contribution in [3.8, 4) is 16.9 Å². The summed E-state index contributed by atoms with van der Waals surface area (Å²) < 4.78 is 4.05. The number of nitrogens with zero attached hydrogens (tertiary/aromatic N) is 4. The highest BCUT2D eigenvalue weighted by atomic mass is 16.3. The second-order valence-electron chi connectivity index (χ2n) is 7.41. The van der Waals surface area contributed by atoms with Crippen molar-refractivity contribution < 1.29 is 5.11 Å². The number of imidazole rings is 1. The van der Waals surface area contributed by atoms with E-state index in [0.717, 1.165) is 36.3 Å². The second kappa shape index (κ2) is 7.23. The Bertz CT molecular complexity index is 814. The molecule has 0 radical (unpaired) electrons. The average Bonchev–Trinajstić information content (AvgIpc) is 3.24. The normalized spacial score (nSPS) is 11.8. The largest absolute Gasteiger partial charge is 0.396 e. The van der Waals surface area contributed by atoms with E-state index in [0.29, 0.717) is 0 Å². The monoisotopic (exact) mass is 338 g/mol. The molecule has 0 saturated carbocycles. The summed E-state index contributed by atoms with van der Waals surface area (Å²) in [6, 6.07) is 8.31. The van der Waals surface area contributed by atoms with Crippen LogP contribution in [0.25, 0.3) is 16.9 Å². The second-order valence-corrected chi connectivity index (χ2v) is 7.41. The minimum atomic E-state index is -0.0307. The zero-order valence-corrected chi connectivity index (χ0v) is 15.2. The van der Waals surface area contributed by atoms with E-state index in [1.54, 1.807) is 0 Å². The van der Waals surface area contributed by atoms with Crippen molar-refractivity contribution in [1.29, 1.82) is 0 Å². The molecule has 2 heterocycles. The van der Waals surface area contributed by atoms with E-state index in [1.165, 1.54) is 5.56 Å². The van der Waals surface area contributed by atoms with E-state index >= 15 is 0 Å². The molecule has 0 saturated heterocycles. The first-order valence-corrected chi connectivity index (χ1v) is 8.72. The molecule has 0 aliphatic rings. The molecule has 132 valence electrons. The lowest BCUT2D eigenvalue weighted by Crippen LogP contribution is -2.17. The van der Waals surface area contributed by atoms with E-state index in [1.807, 2.05) is 29.6 Å². The first-order chi connectivity index (χ1) is 12.0. The number of hydrogen-bond donors (Lipinski definition) is 1. The van der Waals surface area contributed by atoms with Gasteiger partial charge in [0.25, 0.3) is 0 Å². The standard InChI is InChI=1S/C20H26N4O/c1-16-5-7-18(8-6-16)24-13-17(11-22-24)19-12-21-15-23(19)10-4-9-20(2,3)14-25/h5-8,11-13,15,25H,4,9-10,14H2,1-3H3. The van der Waals surface area contributed by atoms with Gasteiger partial charge in [-0.05, 0) is 37.3 Å². The Hall–Kier alpha value is -2.40. The number of aliphatic hydroxyl groups excluding tert-OH is 1. The minimum Gasteiger partial charge on any atom is -0.396 e. The number of aryl methyl sites for hydroxylation is 2. The van der Waals surface area contributed by atoms with Crippen molar-refractivity contribution in [2.45, 2.75) is 40.2 Å². The predicted molar refractivity (Wildman–Crippen MR) is 99.6 cm³/mol. The van der Waals surface area contributed by atoms with Gasteiger partial charge in [0.05, 0.1) is 30.1 Å². The van der Waals surface area contributed by atoms with Crippen LogP contribution in [0.15, 0.2) is 49.2 Å². The Kier molecular flexibility index (Phi) is 5.04. The summed E-state index contributed by atoms with van der Waals surface area (Å²) in [4.78, 5) is 4.30. The van der Waals surface area contributed by atoms with Gasteiger partial charge < -0.3 is 9.67 Å². The smallest absolute Gasteiger partial charge is 0.0950 e. The van der Waals surface area contributed by atoms with Crippen LogP contribution in [0.5, 0.6) is 0 Å². The van der Waals surface area contributed by atoms with Crippen LogP contribution in [0.3, 0.4) is 0 Å². The summed E-state index contributed by atoms with van der Waals surface area (Å²) in [5.74, 6) is 0. The van der Waals surface area contributed by atoms with E-state index < -0.39 is 0 Å². The molecule has 0 spiro atoms. The quantitative estimate of drug-likeness (QED) is 0.712. The molecule has 1 aromatic carbocycles. The van der Waals surface area contributed by atoms with Gasteiger partial charge in [-0.25, -0.2) is 9.67 Å². The fraction of sp³-hybridized carbons (Fsp3) is 0.400. The van der Waals surface area contributed by atoms with Crippen LogP contribution in [-0.4, -0.2) is 31.0 Å².